The number of hydrogen-bond donors (Lipinski definition) is 1. The van der Waals surface area contributed by atoms with Gasteiger partial charge in [0.1, 0.15) is 0 Å². The minimum atomic E-state index is 0.565. The first-order valence-corrected chi connectivity index (χ1v) is 7.51. The fourth-order valence-electron chi connectivity index (χ4n) is 2.96. The molecule has 1 aliphatic carbocycles. The normalized spacial score (nSPS) is 21.9. The summed E-state index contributed by atoms with van der Waals surface area (Å²) in [5.41, 5.74) is 6.12. The van der Waals surface area contributed by atoms with Crippen molar-refractivity contribution in [3.8, 4) is 0 Å². The van der Waals surface area contributed by atoms with Crippen LogP contribution >= 0.6 is 0 Å². The Bertz CT molecular complexity index is 484. The predicted octanol–water partition coefficient (Wildman–Crippen LogP) is 4.52. The van der Waals surface area contributed by atoms with E-state index < -0.39 is 0 Å². The molecule has 20 heavy (non-hydrogen) atoms. The summed E-state index contributed by atoms with van der Waals surface area (Å²) < 4.78 is 0. The lowest BCUT2D eigenvalue weighted by atomic mass is 10.1. The Kier molecular flexibility index (Phi) is 4.03. The first-order chi connectivity index (χ1) is 9.84. The highest BCUT2D eigenvalue weighted by molar-refractivity contribution is 5.61. The van der Waals surface area contributed by atoms with Crippen molar-refractivity contribution in [1.29, 1.82) is 0 Å². The molecule has 1 aliphatic rings. The number of nitrogens with zero attached hydrogens (tertiary/aromatic N) is 1. The van der Waals surface area contributed by atoms with Gasteiger partial charge in [-0.25, -0.2) is 5.43 Å². The van der Waals surface area contributed by atoms with Crippen molar-refractivity contribution >= 4 is 11.4 Å². The summed E-state index contributed by atoms with van der Waals surface area (Å²) in [5.74, 6) is 0.741. The molecule has 0 heterocycles. The molecule has 0 bridgehead atoms. The van der Waals surface area contributed by atoms with E-state index >= 15 is 0 Å². The van der Waals surface area contributed by atoms with Crippen molar-refractivity contribution in [2.75, 3.05) is 5.01 Å². The van der Waals surface area contributed by atoms with Gasteiger partial charge in [0.15, 0.2) is 0 Å². The number of benzene rings is 2. The Labute approximate surface area is 121 Å². The molecule has 0 aromatic heterocycles. The molecule has 0 spiro atoms. The number of para-hydroxylation sites is 2. The van der Waals surface area contributed by atoms with Crippen LogP contribution in [0.3, 0.4) is 0 Å². The quantitative estimate of drug-likeness (QED) is 0.819. The van der Waals surface area contributed by atoms with E-state index in [-0.39, 0.29) is 0 Å². The average molecular weight is 266 g/mol. The molecule has 1 saturated carbocycles. The highest BCUT2D eigenvalue weighted by atomic mass is 15.5. The van der Waals surface area contributed by atoms with Gasteiger partial charge in [0.2, 0.25) is 0 Å². The fourth-order valence-corrected chi connectivity index (χ4v) is 2.96. The number of hydrazine groups is 1. The van der Waals surface area contributed by atoms with Crippen molar-refractivity contribution < 1.29 is 0 Å². The summed E-state index contributed by atoms with van der Waals surface area (Å²) in [5, 5.41) is 2.23. The van der Waals surface area contributed by atoms with Crippen LogP contribution in [-0.4, -0.2) is 6.04 Å². The van der Waals surface area contributed by atoms with Gasteiger partial charge in [0.05, 0.1) is 11.4 Å². The van der Waals surface area contributed by atoms with Gasteiger partial charge in [-0.2, -0.15) is 0 Å². The minimum Gasteiger partial charge on any atom is -0.277 e. The van der Waals surface area contributed by atoms with E-state index in [0.717, 1.165) is 5.92 Å². The van der Waals surface area contributed by atoms with E-state index in [0.29, 0.717) is 6.04 Å². The number of rotatable bonds is 4. The molecular weight excluding hydrogens is 244 g/mol. The van der Waals surface area contributed by atoms with Gasteiger partial charge < -0.3 is 0 Å². The zero-order valence-electron chi connectivity index (χ0n) is 12.0. The molecule has 0 aliphatic heterocycles. The molecule has 0 amide bonds. The van der Waals surface area contributed by atoms with E-state index in [1.54, 1.807) is 0 Å². The van der Waals surface area contributed by atoms with Crippen molar-refractivity contribution in [2.24, 2.45) is 5.92 Å². The Balaban J connectivity index is 1.88. The van der Waals surface area contributed by atoms with Gasteiger partial charge in [-0.05, 0) is 43.0 Å². The van der Waals surface area contributed by atoms with Crippen molar-refractivity contribution in [3.05, 3.63) is 60.7 Å². The molecule has 2 aromatic carbocycles. The van der Waals surface area contributed by atoms with Crippen LogP contribution in [0.1, 0.15) is 26.2 Å². The summed E-state index contributed by atoms with van der Waals surface area (Å²) in [6.07, 6.45) is 3.92. The minimum absolute atomic E-state index is 0.565. The third kappa shape index (κ3) is 2.86. The Morgan fingerprint density at radius 3 is 1.85 bits per heavy atom. The molecule has 0 unspecified atom stereocenters. The maximum Gasteiger partial charge on any atom is 0.0577 e. The smallest absolute Gasteiger partial charge is 0.0577 e. The zero-order valence-corrected chi connectivity index (χ0v) is 12.0. The number of hydrogen-bond acceptors (Lipinski definition) is 2. The van der Waals surface area contributed by atoms with Gasteiger partial charge >= 0.3 is 0 Å². The summed E-state index contributed by atoms with van der Waals surface area (Å²) in [4.78, 5) is 0. The third-order valence-electron chi connectivity index (χ3n) is 4.19. The molecule has 2 aromatic rings. The van der Waals surface area contributed by atoms with Crippen LogP contribution in [0.2, 0.25) is 0 Å². The first kappa shape index (κ1) is 13.2. The second-order valence-corrected chi connectivity index (χ2v) is 5.65. The number of nitrogens with one attached hydrogen (secondary N) is 1. The second-order valence-electron chi connectivity index (χ2n) is 5.65. The molecule has 3 rings (SSSR count). The lowest BCUT2D eigenvalue weighted by Gasteiger charge is -2.31. The molecule has 1 N–H and O–H groups in total. The van der Waals surface area contributed by atoms with Crippen LogP contribution in [0.4, 0.5) is 11.4 Å². The van der Waals surface area contributed by atoms with Gasteiger partial charge in [0.25, 0.3) is 0 Å². The standard InChI is InChI=1S/C18H22N2/c1-15-9-8-14-18(15)19-20(16-10-4-2-5-11-16)17-12-6-3-7-13-17/h2-7,10-13,15,18-19H,8-9,14H2,1H3/t15-,18+/m1/s1. The summed E-state index contributed by atoms with van der Waals surface area (Å²) in [6.45, 7) is 2.35. The highest BCUT2D eigenvalue weighted by Gasteiger charge is 2.25. The van der Waals surface area contributed by atoms with Crippen LogP contribution in [-0.2, 0) is 0 Å². The lowest BCUT2D eigenvalue weighted by molar-refractivity contribution is 0.432. The van der Waals surface area contributed by atoms with Crippen LogP contribution in [0.5, 0.6) is 0 Å². The molecule has 2 heteroatoms. The molecule has 2 atom stereocenters. The van der Waals surface area contributed by atoms with E-state index in [4.69, 9.17) is 0 Å². The molecule has 104 valence electrons. The largest absolute Gasteiger partial charge is 0.277 e. The van der Waals surface area contributed by atoms with Crippen LogP contribution < -0.4 is 10.4 Å². The first-order valence-electron chi connectivity index (χ1n) is 7.51. The van der Waals surface area contributed by atoms with Crippen LogP contribution in [0.25, 0.3) is 0 Å². The Hall–Kier alpha value is -1.80. The molecule has 2 nitrogen and oxygen atoms in total. The summed E-state index contributed by atoms with van der Waals surface area (Å²) in [6, 6.07) is 21.6. The SMILES string of the molecule is C[C@@H]1CCC[C@@H]1NN(c1ccccc1)c1ccccc1. The lowest BCUT2D eigenvalue weighted by Crippen LogP contribution is -2.43. The van der Waals surface area contributed by atoms with E-state index in [1.165, 1.54) is 30.6 Å². The third-order valence-corrected chi connectivity index (χ3v) is 4.19. The second kappa shape index (κ2) is 6.10. The molecule has 0 saturated heterocycles. The predicted molar refractivity (Wildman–Crippen MR) is 85.0 cm³/mol. The maximum atomic E-state index is 3.73. The van der Waals surface area contributed by atoms with Gasteiger partial charge in [-0.1, -0.05) is 49.7 Å². The summed E-state index contributed by atoms with van der Waals surface area (Å²) in [7, 11) is 0. The molecule has 1 fully saturated rings. The van der Waals surface area contributed by atoms with Crippen LogP contribution in [0, 0.1) is 5.92 Å². The average Bonchev–Trinajstić information content (AvgIpc) is 2.92. The van der Waals surface area contributed by atoms with Gasteiger partial charge in [-0.3, -0.25) is 5.01 Å². The van der Waals surface area contributed by atoms with Gasteiger partial charge in [-0.15, -0.1) is 0 Å². The summed E-state index contributed by atoms with van der Waals surface area (Å²) >= 11 is 0. The molecule has 0 radical (unpaired) electrons. The van der Waals surface area contributed by atoms with Gasteiger partial charge in [0, 0.05) is 6.04 Å². The molecular formula is C18H22N2. The van der Waals surface area contributed by atoms with E-state index in [1.807, 2.05) is 0 Å². The van der Waals surface area contributed by atoms with E-state index in [9.17, 15) is 0 Å². The van der Waals surface area contributed by atoms with Crippen molar-refractivity contribution in [2.45, 2.75) is 32.2 Å². The Morgan fingerprint density at radius 1 is 0.850 bits per heavy atom. The zero-order chi connectivity index (χ0) is 13.8. The highest BCUT2D eigenvalue weighted by Crippen LogP contribution is 2.29. The van der Waals surface area contributed by atoms with Crippen LogP contribution in [0.15, 0.2) is 60.7 Å². The Morgan fingerprint density at radius 2 is 1.40 bits per heavy atom. The van der Waals surface area contributed by atoms with Crippen molar-refractivity contribution in [3.63, 3.8) is 0 Å². The van der Waals surface area contributed by atoms with E-state index in [2.05, 4.69) is 78.0 Å². The monoisotopic (exact) mass is 266 g/mol. The topological polar surface area (TPSA) is 15.3 Å². The van der Waals surface area contributed by atoms with Crippen molar-refractivity contribution in [1.82, 2.24) is 5.43 Å². The number of anilines is 2. The maximum absolute atomic E-state index is 3.73. The fraction of sp³-hybridized carbons (Fsp3) is 0.333.